The summed E-state index contributed by atoms with van der Waals surface area (Å²) in [5, 5.41) is 12.1. The Hall–Kier alpha value is -2.80. The molecule has 3 rings (SSSR count). The molecule has 0 saturated heterocycles. The third kappa shape index (κ3) is 5.63. The van der Waals surface area contributed by atoms with E-state index in [0.29, 0.717) is 11.0 Å². The van der Waals surface area contributed by atoms with Gasteiger partial charge in [0, 0.05) is 12.7 Å². The van der Waals surface area contributed by atoms with Gasteiger partial charge in [0.05, 0.1) is 5.75 Å². The molecule has 7 heteroatoms. The van der Waals surface area contributed by atoms with Crippen LogP contribution in [0, 0.1) is 0 Å². The molecule has 2 aromatic carbocycles. The first-order valence-electron chi connectivity index (χ1n) is 10.2. The second kappa shape index (κ2) is 10.3. The van der Waals surface area contributed by atoms with Gasteiger partial charge in [-0.1, -0.05) is 49.9 Å². The molecule has 0 saturated carbocycles. The molecule has 3 aromatic rings. The number of aryl methyl sites for hydroxylation is 2. The molecule has 0 aliphatic rings. The van der Waals surface area contributed by atoms with Crippen molar-refractivity contribution in [3.63, 3.8) is 0 Å². The highest BCUT2D eigenvalue weighted by Crippen LogP contribution is 2.24. The van der Waals surface area contributed by atoms with Crippen molar-refractivity contribution in [3.05, 3.63) is 65.5 Å². The van der Waals surface area contributed by atoms with Crippen LogP contribution in [0.2, 0.25) is 0 Å². The van der Waals surface area contributed by atoms with Crippen molar-refractivity contribution in [1.29, 1.82) is 0 Å². The molecular weight excluding hydrogens is 396 g/mol. The van der Waals surface area contributed by atoms with Gasteiger partial charge in [-0.25, -0.2) is 0 Å². The molecule has 0 unspecified atom stereocenters. The van der Waals surface area contributed by atoms with Crippen LogP contribution in [0.25, 0.3) is 0 Å². The van der Waals surface area contributed by atoms with Gasteiger partial charge in [0.25, 0.3) is 0 Å². The number of carbonyl (C=O) groups is 1. The number of anilines is 1. The van der Waals surface area contributed by atoms with Crippen LogP contribution in [0.5, 0.6) is 5.75 Å². The highest BCUT2D eigenvalue weighted by atomic mass is 32.2. The molecule has 0 fully saturated rings. The minimum atomic E-state index is -0.254. The number of carbonyl (C=O) groups excluding carboxylic acids is 1. The van der Waals surface area contributed by atoms with Gasteiger partial charge in [0.2, 0.25) is 5.91 Å². The average molecular weight is 425 g/mol. The fraction of sp³-hybridized carbons (Fsp3) is 0.348. The molecular formula is C23H28N4O2S. The van der Waals surface area contributed by atoms with Crippen molar-refractivity contribution in [1.82, 2.24) is 14.8 Å². The fourth-order valence-corrected chi connectivity index (χ4v) is 3.74. The average Bonchev–Trinajstić information content (AvgIpc) is 3.14. The van der Waals surface area contributed by atoms with E-state index >= 15 is 0 Å². The summed E-state index contributed by atoms with van der Waals surface area (Å²) in [5.74, 6) is 1.70. The van der Waals surface area contributed by atoms with E-state index in [2.05, 4.69) is 41.5 Å². The number of amides is 1. The normalized spacial score (nSPS) is 11.9. The Kier molecular flexibility index (Phi) is 7.52. The maximum absolute atomic E-state index is 12.3. The second-order valence-corrected chi connectivity index (χ2v) is 7.99. The van der Waals surface area contributed by atoms with Gasteiger partial charge in [-0.15, -0.1) is 10.2 Å². The molecule has 158 valence electrons. The highest BCUT2D eigenvalue weighted by Gasteiger charge is 2.18. The van der Waals surface area contributed by atoms with Crippen LogP contribution in [0.1, 0.15) is 43.8 Å². The Bertz CT molecular complexity index is 968. The lowest BCUT2D eigenvalue weighted by molar-refractivity contribution is -0.113. The molecule has 1 atom stereocenters. The van der Waals surface area contributed by atoms with Crippen LogP contribution < -0.4 is 10.1 Å². The first-order valence-corrected chi connectivity index (χ1v) is 11.1. The monoisotopic (exact) mass is 424 g/mol. The Morgan fingerprint density at radius 3 is 2.23 bits per heavy atom. The van der Waals surface area contributed by atoms with Gasteiger partial charge < -0.3 is 14.6 Å². The van der Waals surface area contributed by atoms with Crippen molar-refractivity contribution in [3.8, 4) is 5.75 Å². The number of ether oxygens (including phenoxy) is 1. The van der Waals surface area contributed by atoms with E-state index in [1.807, 2.05) is 54.9 Å². The number of aromatic nitrogens is 3. The SMILES string of the molecule is CCc1ccc(NC(=O)CSc2nnc([C@H](C)Oc3ccc(CC)cc3)n2C)cc1. The topological polar surface area (TPSA) is 69.0 Å². The zero-order valence-corrected chi connectivity index (χ0v) is 18.7. The third-order valence-corrected chi connectivity index (χ3v) is 5.88. The van der Waals surface area contributed by atoms with Gasteiger partial charge >= 0.3 is 0 Å². The first kappa shape index (κ1) is 21.9. The minimum Gasteiger partial charge on any atom is -0.483 e. The molecule has 0 bridgehead atoms. The summed E-state index contributed by atoms with van der Waals surface area (Å²) in [6.07, 6.45) is 1.72. The van der Waals surface area contributed by atoms with Gasteiger partial charge in [-0.2, -0.15) is 0 Å². The number of benzene rings is 2. The summed E-state index contributed by atoms with van der Waals surface area (Å²) in [4.78, 5) is 12.3. The predicted molar refractivity (Wildman–Crippen MR) is 121 cm³/mol. The molecule has 1 amide bonds. The lowest BCUT2D eigenvalue weighted by Crippen LogP contribution is -2.15. The summed E-state index contributed by atoms with van der Waals surface area (Å²) in [6.45, 7) is 6.17. The number of thioether (sulfide) groups is 1. The maximum Gasteiger partial charge on any atom is 0.234 e. The zero-order chi connectivity index (χ0) is 21.5. The summed E-state index contributed by atoms with van der Waals surface area (Å²) in [6, 6.07) is 16.0. The van der Waals surface area contributed by atoms with Crippen LogP contribution in [0.4, 0.5) is 5.69 Å². The highest BCUT2D eigenvalue weighted by molar-refractivity contribution is 7.99. The van der Waals surface area contributed by atoms with Gasteiger partial charge in [-0.05, 0) is 55.2 Å². The number of rotatable bonds is 9. The number of nitrogens with zero attached hydrogens (tertiary/aromatic N) is 3. The molecule has 0 spiro atoms. The third-order valence-electron chi connectivity index (χ3n) is 4.85. The molecule has 0 aliphatic heterocycles. The van der Waals surface area contributed by atoms with Crippen molar-refractivity contribution in [2.24, 2.45) is 7.05 Å². The maximum atomic E-state index is 12.3. The van der Waals surface area contributed by atoms with Crippen molar-refractivity contribution in [2.45, 2.75) is 44.9 Å². The van der Waals surface area contributed by atoms with Crippen molar-refractivity contribution >= 4 is 23.4 Å². The van der Waals surface area contributed by atoms with E-state index < -0.39 is 0 Å². The predicted octanol–water partition coefficient (Wildman–Crippen LogP) is 4.81. The molecule has 1 N–H and O–H groups in total. The summed E-state index contributed by atoms with van der Waals surface area (Å²) >= 11 is 1.35. The minimum absolute atomic E-state index is 0.0749. The van der Waals surface area contributed by atoms with E-state index in [4.69, 9.17) is 4.74 Å². The van der Waals surface area contributed by atoms with Crippen LogP contribution in [0.15, 0.2) is 53.7 Å². The number of nitrogens with one attached hydrogen (secondary N) is 1. The second-order valence-electron chi connectivity index (χ2n) is 7.04. The van der Waals surface area contributed by atoms with Gasteiger partial charge in [0.1, 0.15) is 5.75 Å². The smallest absolute Gasteiger partial charge is 0.234 e. The van der Waals surface area contributed by atoms with E-state index in [-0.39, 0.29) is 17.8 Å². The summed E-state index contributed by atoms with van der Waals surface area (Å²) in [5.41, 5.74) is 3.31. The number of hydrogen-bond donors (Lipinski definition) is 1. The Labute approximate surface area is 182 Å². The molecule has 1 aromatic heterocycles. The summed E-state index contributed by atoms with van der Waals surface area (Å²) in [7, 11) is 1.89. The van der Waals surface area contributed by atoms with Crippen LogP contribution in [-0.4, -0.2) is 26.4 Å². The Balaban J connectivity index is 1.55. The Morgan fingerprint density at radius 1 is 1.03 bits per heavy atom. The standard InChI is InChI=1S/C23H28N4O2S/c1-5-17-7-11-19(12-8-17)24-21(28)15-30-23-26-25-22(27(23)4)16(3)29-20-13-9-18(6-2)10-14-20/h7-14,16H,5-6,15H2,1-4H3,(H,24,28)/t16-/m0/s1. The Morgan fingerprint density at radius 2 is 1.63 bits per heavy atom. The van der Waals surface area contributed by atoms with E-state index in [1.54, 1.807) is 0 Å². The quantitative estimate of drug-likeness (QED) is 0.499. The molecule has 0 radical (unpaired) electrons. The molecule has 30 heavy (non-hydrogen) atoms. The first-order chi connectivity index (χ1) is 14.5. The molecule has 6 nitrogen and oxygen atoms in total. The zero-order valence-electron chi connectivity index (χ0n) is 17.9. The molecule has 0 aliphatic carbocycles. The summed E-state index contributed by atoms with van der Waals surface area (Å²) < 4.78 is 7.88. The lowest BCUT2D eigenvalue weighted by atomic mass is 10.1. The fourth-order valence-electron chi connectivity index (χ4n) is 3.02. The molecule has 1 heterocycles. The van der Waals surface area contributed by atoms with Crippen LogP contribution in [-0.2, 0) is 24.7 Å². The van der Waals surface area contributed by atoms with Gasteiger partial charge in [0.15, 0.2) is 17.1 Å². The lowest BCUT2D eigenvalue weighted by Gasteiger charge is -2.14. The number of hydrogen-bond acceptors (Lipinski definition) is 5. The van der Waals surface area contributed by atoms with Gasteiger partial charge in [-0.3, -0.25) is 4.79 Å². The van der Waals surface area contributed by atoms with E-state index in [0.717, 1.165) is 24.3 Å². The van der Waals surface area contributed by atoms with Crippen molar-refractivity contribution < 1.29 is 9.53 Å². The van der Waals surface area contributed by atoms with Crippen LogP contribution in [0.3, 0.4) is 0 Å². The van der Waals surface area contributed by atoms with E-state index in [9.17, 15) is 4.79 Å². The van der Waals surface area contributed by atoms with Crippen LogP contribution >= 0.6 is 11.8 Å². The largest absolute Gasteiger partial charge is 0.483 e. The van der Waals surface area contributed by atoms with E-state index in [1.165, 1.54) is 22.9 Å². The van der Waals surface area contributed by atoms with Crippen molar-refractivity contribution in [2.75, 3.05) is 11.1 Å².